The quantitative estimate of drug-likeness (QED) is 0.825. The standard InChI is InChI=1S/C13H21NO2/c1-13(2,3)12(15)11(14)9-5-7-10(16-4)8-6-9/h5-8,11-12,15H,14H2,1-4H3/t11-,12-/m0/s1. The Labute approximate surface area is 97.2 Å². The molecule has 0 bridgehead atoms. The molecule has 16 heavy (non-hydrogen) atoms. The third-order valence-corrected chi connectivity index (χ3v) is 2.73. The summed E-state index contributed by atoms with van der Waals surface area (Å²) in [5, 5.41) is 10.1. The third-order valence-electron chi connectivity index (χ3n) is 2.73. The number of ether oxygens (including phenoxy) is 1. The average Bonchev–Trinajstić information content (AvgIpc) is 2.26. The molecule has 3 nitrogen and oxygen atoms in total. The van der Waals surface area contributed by atoms with Crippen molar-refractivity contribution in [1.82, 2.24) is 0 Å². The molecule has 0 aromatic heterocycles. The lowest BCUT2D eigenvalue weighted by molar-refractivity contribution is 0.0401. The van der Waals surface area contributed by atoms with Crippen LogP contribution in [0.15, 0.2) is 24.3 Å². The van der Waals surface area contributed by atoms with Crippen LogP contribution < -0.4 is 10.5 Å². The lowest BCUT2D eigenvalue weighted by Gasteiger charge is -2.31. The predicted molar refractivity (Wildman–Crippen MR) is 65.4 cm³/mol. The fourth-order valence-electron chi connectivity index (χ4n) is 1.55. The van der Waals surface area contributed by atoms with Gasteiger partial charge in [-0.2, -0.15) is 0 Å². The van der Waals surface area contributed by atoms with E-state index in [1.807, 2.05) is 45.0 Å². The maximum absolute atomic E-state index is 10.1. The Bertz CT molecular complexity index is 327. The summed E-state index contributed by atoms with van der Waals surface area (Å²) in [5.41, 5.74) is 6.72. The highest BCUT2D eigenvalue weighted by Gasteiger charge is 2.28. The first-order valence-corrected chi connectivity index (χ1v) is 5.44. The summed E-state index contributed by atoms with van der Waals surface area (Å²) in [4.78, 5) is 0. The zero-order valence-electron chi connectivity index (χ0n) is 10.4. The second-order valence-electron chi connectivity index (χ2n) is 5.11. The fraction of sp³-hybridized carbons (Fsp3) is 0.538. The minimum atomic E-state index is -0.569. The molecule has 90 valence electrons. The van der Waals surface area contributed by atoms with Crippen molar-refractivity contribution in [2.24, 2.45) is 11.1 Å². The van der Waals surface area contributed by atoms with Gasteiger partial charge < -0.3 is 15.6 Å². The van der Waals surface area contributed by atoms with Gasteiger partial charge in [0.05, 0.1) is 19.3 Å². The van der Waals surface area contributed by atoms with Crippen molar-refractivity contribution in [1.29, 1.82) is 0 Å². The van der Waals surface area contributed by atoms with Gasteiger partial charge in [0.2, 0.25) is 0 Å². The molecule has 0 unspecified atom stereocenters. The van der Waals surface area contributed by atoms with Crippen molar-refractivity contribution >= 4 is 0 Å². The van der Waals surface area contributed by atoms with E-state index >= 15 is 0 Å². The molecule has 1 aromatic carbocycles. The van der Waals surface area contributed by atoms with Crippen molar-refractivity contribution in [3.05, 3.63) is 29.8 Å². The van der Waals surface area contributed by atoms with Crippen molar-refractivity contribution in [2.75, 3.05) is 7.11 Å². The highest BCUT2D eigenvalue weighted by Crippen LogP contribution is 2.29. The van der Waals surface area contributed by atoms with Crippen LogP contribution in [0.1, 0.15) is 32.4 Å². The van der Waals surface area contributed by atoms with Crippen LogP contribution in [-0.2, 0) is 0 Å². The Morgan fingerprint density at radius 1 is 1.19 bits per heavy atom. The Morgan fingerprint density at radius 2 is 1.69 bits per heavy atom. The summed E-state index contributed by atoms with van der Waals surface area (Å²) in [5.74, 6) is 0.793. The normalized spacial score (nSPS) is 15.6. The van der Waals surface area contributed by atoms with E-state index in [2.05, 4.69) is 0 Å². The van der Waals surface area contributed by atoms with Gasteiger partial charge in [0.25, 0.3) is 0 Å². The number of nitrogens with two attached hydrogens (primary N) is 1. The SMILES string of the molecule is COc1ccc([C@H](N)[C@H](O)C(C)(C)C)cc1. The first-order chi connectivity index (χ1) is 7.36. The number of hydrogen-bond donors (Lipinski definition) is 2. The van der Waals surface area contributed by atoms with Gasteiger partial charge in [-0.25, -0.2) is 0 Å². The van der Waals surface area contributed by atoms with E-state index in [0.717, 1.165) is 11.3 Å². The molecule has 3 N–H and O–H groups in total. The van der Waals surface area contributed by atoms with Crippen LogP contribution in [0, 0.1) is 5.41 Å². The van der Waals surface area contributed by atoms with Crippen LogP contribution in [0.4, 0.5) is 0 Å². The highest BCUT2D eigenvalue weighted by molar-refractivity contribution is 5.29. The number of methoxy groups -OCH3 is 1. The van der Waals surface area contributed by atoms with E-state index < -0.39 is 6.10 Å². The van der Waals surface area contributed by atoms with E-state index in [0.29, 0.717) is 0 Å². The first kappa shape index (κ1) is 13.0. The number of aliphatic hydroxyl groups is 1. The fourth-order valence-corrected chi connectivity index (χ4v) is 1.55. The predicted octanol–water partition coefficient (Wildman–Crippen LogP) is 2.10. The van der Waals surface area contributed by atoms with Gasteiger partial charge in [-0.1, -0.05) is 32.9 Å². The van der Waals surface area contributed by atoms with Crippen LogP contribution >= 0.6 is 0 Å². The molecule has 1 aromatic rings. The summed E-state index contributed by atoms with van der Waals surface area (Å²) in [7, 11) is 1.62. The monoisotopic (exact) mass is 223 g/mol. The van der Waals surface area contributed by atoms with Gasteiger partial charge in [-0.3, -0.25) is 0 Å². The zero-order chi connectivity index (χ0) is 12.3. The smallest absolute Gasteiger partial charge is 0.118 e. The topological polar surface area (TPSA) is 55.5 Å². The summed E-state index contributed by atoms with van der Waals surface area (Å²) in [6.07, 6.45) is -0.569. The first-order valence-electron chi connectivity index (χ1n) is 5.44. The van der Waals surface area contributed by atoms with Crippen molar-refractivity contribution in [3.63, 3.8) is 0 Å². The highest BCUT2D eigenvalue weighted by atomic mass is 16.5. The van der Waals surface area contributed by atoms with Crippen LogP contribution in [0.25, 0.3) is 0 Å². The summed E-state index contributed by atoms with van der Waals surface area (Å²) in [6.45, 7) is 5.92. The summed E-state index contributed by atoms with van der Waals surface area (Å²) >= 11 is 0. The summed E-state index contributed by atoms with van der Waals surface area (Å²) in [6, 6.07) is 7.11. The molecule has 2 atom stereocenters. The maximum atomic E-state index is 10.1. The van der Waals surface area contributed by atoms with Gasteiger partial charge in [0.15, 0.2) is 0 Å². The Morgan fingerprint density at radius 3 is 2.06 bits per heavy atom. The molecule has 0 heterocycles. The Kier molecular flexibility index (Phi) is 3.94. The summed E-state index contributed by atoms with van der Waals surface area (Å²) < 4.78 is 5.07. The molecule has 0 aliphatic carbocycles. The molecule has 0 aliphatic rings. The second kappa shape index (κ2) is 4.85. The Balaban J connectivity index is 2.84. The zero-order valence-corrected chi connectivity index (χ0v) is 10.4. The van der Waals surface area contributed by atoms with Gasteiger partial charge in [0.1, 0.15) is 5.75 Å². The Hall–Kier alpha value is -1.06. The van der Waals surface area contributed by atoms with Crippen LogP contribution in [0.3, 0.4) is 0 Å². The molecule has 0 fully saturated rings. The molecule has 0 amide bonds. The number of rotatable bonds is 3. The molecule has 0 radical (unpaired) electrons. The number of benzene rings is 1. The lowest BCUT2D eigenvalue weighted by atomic mass is 9.82. The molecular weight excluding hydrogens is 202 g/mol. The van der Waals surface area contributed by atoms with Crippen molar-refractivity contribution in [2.45, 2.75) is 32.9 Å². The van der Waals surface area contributed by atoms with Gasteiger partial charge in [-0.15, -0.1) is 0 Å². The van der Waals surface area contributed by atoms with Crippen molar-refractivity contribution < 1.29 is 9.84 Å². The van der Waals surface area contributed by atoms with Crippen LogP contribution in [0.5, 0.6) is 5.75 Å². The maximum Gasteiger partial charge on any atom is 0.118 e. The minimum absolute atomic E-state index is 0.223. The van der Waals surface area contributed by atoms with Crippen LogP contribution in [0.2, 0.25) is 0 Å². The lowest BCUT2D eigenvalue weighted by Crippen LogP contribution is -2.36. The van der Waals surface area contributed by atoms with Crippen LogP contribution in [-0.4, -0.2) is 18.3 Å². The largest absolute Gasteiger partial charge is 0.497 e. The van der Waals surface area contributed by atoms with E-state index in [-0.39, 0.29) is 11.5 Å². The molecule has 0 saturated heterocycles. The molecule has 0 saturated carbocycles. The average molecular weight is 223 g/mol. The minimum Gasteiger partial charge on any atom is -0.497 e. The number of hydrogen-bond acceptors (Lipinski definition) is 3. The van der Waals surface area contributed by atoms with Gasteiger partial charge >= 0.3 is 0 Å². The molecular formula is C13H21NO2. The molecule has 3 heteroatoms. The number of aliphatic hydroxyl groups excluding tert-OH is 1. The van der Waals surface area contributed by atoms with E-state index in [1.165, 1.54) is 0 Å². The van der Waals surface area contributed by atoms with E-state index in [4.69, 9.17) is 10.5 Å². The molecule has 0 aliphatic heterocycles. The van der Waals surface area contributed by atoms with E-state index in [9.17, 15) is 5.11 Å². The molecule has 1 rings (SSSR count). The van der Waals surface area contributed by atoms with E-state index in [1.54, 1.807) is 7.11 Å². The van der Waals surface area contributed by atoms with Crippen molar-refractivity contribution in [3.8, 4) is 5.75 Å². The third kappa shape index (κ3) is 2.97. The second-order valence-corrected chi connectivity index (χ2v) is 5.11. The van der Waals surface area contributed by atoms with Gasteiger partial charge in [0, 0.05) is 0 Å². The van der Waals surface area contributed by atoms with Gasteiger partial charge in [-0.05, 0) is 23.1 Å². The molecule has 0 spiro atoms.